The van der Waals surface area contributed by atoms with E-state index in [1.165, 1.54) is 102 Å². The van der Waals surface area contributed by atoms with Gasteiger partial charge < -0.3 is 50.0 Å². The summed E-state index contributed by atoms with van der Waals surface area (Å²) in [5, 5.41) is 81.9. The van der Waals surface area contributed by atoms with Gasteiger partial charge in [0.1, 0.15) is 30.0 Å². The first-order chi connectivity index (χ1) is 45.0. The molecule has 95 heavy (non-hydrogen) atoms. The molecule has 7 N–H and O–H groups in total. The van der Waals surface area contributed by atoms with Gasteiger partial charge >= 0.3 is 41.5 Å². The van der Waals surface area contributed by atoms with E-state index in [2.05, 4.69) is 55.3 Å². The maximum absolute atomic E-state index is 10.7. The number of thioether (sulfide) groups is 2. The molecule has 0 radical (unpaired) electrons. The molecular weight excluding hydrogens is 1380 g/mol. The minimum absolute atomic E-state index is 0.0317. The van der Waals surface area contributed by atoms with E-state index in [-0.39, 0.29) is 39.7 Å². The average Bonchev–Trinajstić information content (AvgIpc) is 0.915. The predicted octanol–water partition coefficient (Wildman–Crippen LogP) is 17.0. The van der Waals surface area contributed by atoms with Gasteiger partial charge in [-0.3, -0.25) is 39.4 Å². The number of rotatable bonds is 38. The van der Waals surface area contributed by atoms with Crippen molar-refractivity contribution < 1.29 is 88.6 Å². The van der Waals surface area contributed by atoms with E-state index in [0.29, 0.717) is 54.1 Å². The summed E-state index contributed by atoms with van der Waals surface area (Å²) in [6.45, 7) is 12.9. The number of pyridine rings is 1. The Hall–Kier alpha value is -7.56. The van der Waals surface area contributed by atoms with Gasteiger partial charge in [0, 0.05) is 45.9 Å². The summed E-state index contributed by atoms with van der Waals surface area (Å²) < 4.78 is 16.7. The van der Waals surface area contributed by atoms with Gasteiger partial charge in [-0.1, -0.05) is 165 Å². The van der Waals surface area contributed by atoms with Crippen molar-refractivity contribution in [2.75, 3.05) is 26.1 Å². The second-order valence-corrected chi connectivity index (χ2v) is 26.1. The van der Waals surface area contributed by atoms with E-state index in [4.69, 9.17) is 44.8 Å². The molecule has 0 saturated carbocycles. The number of carbonyl (C=O) groups is 6. The number of nitrogens with zero attached hydrogens (tertiary/aromatic N) is 3. The lowest BCUT2D eigenvalue weighted by molar-refractivity contribution is -0.388. The van der Waals surface area contributed by atoms with Crippen molar-refractivity contribution >= 4 is 93.3 Å². The van der Waals surface area contributed by atoms with Crippen molar-refractivity contribution in [2.45, 2.75) is 192 Å². The number of aromatic nitrogens is 1. The predicted molar refractivity (Wildman–Crippen MR) is 378 cm³/mol. The molecular formula is C69H96IN3O20S2. The number of methoxy groups -OCH3 is 1. The Morgan fingerprint density at radius 1 is 0.600 bits per heavy atom. The molecule has 526 valence electrons. The van der Waals surface area contributed by atoms with E-state index < -0.39 is 50.9 Å². The fourth-order valence-corrected chi connectivity index (χ4v) is 10.3. The third-order valence-electron chi connectivity index (χ3n) is 13.4. The number of hydrogen-bond donors (Lipinski definition) is 7. The first-order valence-corrected chi connectivity index (χ1v) is 34.5. The van der Waals surface area contributed by atoms with Crippen LogP contribution in [0, 0.1) is 36.1 Å². The van der Waals surface area contributed by atoms with Crippen LogP contribution in [-0.4, -0.2) is 124 Å². The zero-order valence-corrected chi connectivity index (χ0v) is 59.3. The van der Waals surface area contributed by atoms with Crippen LogP contribution >= 0.6 is 46.1 Å². The number of halogens is 1. The maximum atomic E-state index is 10.7. The van der Waals surface area contributed by atoms with E-state index in [1.807, 2.05) is 43.3 Å². The van der Waals surface area contributed by atoms with Crippen LogP contribution in [0.4, 0.5) is 11.4 Å². The van der Waals surface area contributed by atoms with Crippen LogP contribution < -0.4 is 14.2 Å². The number of ether oxygens (including phenoxy) is 3. The molecule has 2 unspecified atom stereocenters. The normalized spacial score (nSPS) is 11.0. The van der Waals surface area contributed by atoms with Gasteiger partial charge in [0.15, 0.2) is 5.03 Å². The van der Waals surface area contributed by atoms with Crippen LogP contribution in [0.15, 0.2) is 114 Å². The van der Waals surface area contributed by atoms with Crippen LogP contribution in [0.2, 0.25) is 0 Å². The Labute approximate surface area is 579 Å². The summed E-state index contributed by atoms with van der Waals surface area (Å²) in [5.41, 5.74) is 2.21. The topological polar surface area (TPSA) is 371 Å². The van der Waals surface area contributed by atoms with Gasteiger partial charge in [-0.15, -0.1) is 11.8 Å². The zero-order valence-electron chi connectivity index (χ0n) is 55.5. The Bertz CT molecular complexity index is 3030. The molecule has 0 bridgehead atoms. The van der Waals surface area contributed by atoms with Crippen molar-refractivity contribution in [3.05, 3.63) is 155 Å². The van der Waals surface area contributed by atoms with Crippen LogP contribution in [-0.2, 0) is 24.9 Å². The smallest absolute Gasteiger partial charge is 0.335 e. The molecule has 5 aromatic rings. The van der Waals surface area contributed by atoms with E-state index >= 15 is 0 Å². The number of carboxylic acids is 6. The number of aliphatic carboxylic acids is 4. The molecule has 0 aliphatic heterocycles. The van der Waals surface area contributed by atoms with Crippen LogP contribution in [0.25, 0.3) is 0 Å². The van der Waals surface area contributed by atoms with Crippen molar-refractivity contribution in [1.29, 1.82) is 0 Å². The molecule has 0 aliphatic rings. The molecule has 23 nitrogen and oxygen atoms in total. The average molecular weight is 1480 g/mol. The summed E-state index contributed by atoms with van der Waals surface area (Å²) in [5.74, 6) is -3.22. The summed E-state index contributed by atoms with van der Waals surface area (Å²) in [7, 11) is 1.38. The summed E-state index contributed by atoms with van der Waals surface area (Å²) in [6, 6.07) is 29.9. The second kappa shape index (κ2) is 52.7. The minimum atomic E-state index is -1.06. The van der Waals surface area contributed by atoms with Crippen LogP contribution in [0.5, 0.6) is 17.4 Å². The lowest BCUT2D eigenvalue weighted by Crippen LogP contribution is -2.12. The number of hydrogen-bond acceptors (Lipinski definition) is 17. The Morgan fingerprint density at radius 3 is 1.58 bits per heavy atom. The van der Waals surface area contributed by atoms with Crippen molar-refractivity contribution in [2.24, 2.45) is 5.41 Å². The molecule has 0 aliphatic carbocycles. The van der Waals surface area contributed by atoms with Gasteiger partial charge in [0.25, 0.3) is 5.69 Å². The fourth-order valence-electron chi connectivity index (χ4n) is 8.18. The highest BCUT2D eigenvalue weighted by atomic mass is 127. The summed E-state index contributed by atoms with van der Waals surface area (Å²) >= 11 is 4.07. The summed E-state index contributed by atoms with van der Waals surface area (Å²) in [6.07, 6.45) is 20.8. The first kappa shape index (κ1) is 87.4. The highest BCUT2D eigenvalue weighted by Crippen LogP contribution is 2.32. The molecule has 0 fully saturated rings. The zero-order chi connectivity index (χ0) is 71.6. The molecule has 5 rings (SSSR count). The SMILES string of the molecule is CC(C)(C)CCCCCC(=O)O.CCCCCCC(O)CCCCCCCCCCC(=O)O.COc1ccc([N+](=O)[O-])c(SC(C)C(=O)O)n1.Cc1c(I)cccc1C(=O)O.O=C(O)CSCc1ccccc1[N+](=O)[O-].O=C(O)c1ccc(OCCOc2ccccc2)cc1. The highest BCUT2D eigenvalue weighted by molar-refractivity contribution is 14.1. The Morgan fingerprint density at radius 2 is 1.11 bits per heavy atom. The van der Waals surface area contributed by atoms with Gasteiger partial charge in [0.2, 0.25) is 5.88 Å². The second-order valence-electron chi connectivity index (χ2n) is 22.6. The van der Waals surface area contributed by atoms with Crippen molar-refractivity contribution in [1.82, 2.24) is 4.98 Å². The molecule has 1 aromatic heterocycles. The first-order valence-electron chi connectivity index (χ1n) is 31.4. The number of aliphatic hydroxyl groups excluding tert-OH is 1. The number of nitro groups is 2. The maximum Gasteiger partial charge on any atom is 0.335 e. The highest BCUT2D eigenvalue weighted by Gasteiger charge is 2.23. The molecule has 4 aromatic carbocycles. The third kappa shape index (κ3) is 46.2. The molecule has 1 heterocycles. The monoisotopic (exact) mass is 1480 g/mol. The molecule has 0 spiro atoms. The number of aliphatic hydroxyl groups is 1. The number of para-hydroxylation sites is 2. The van der Waals surface area contributed by atoms with Crippen LogP contribution in [0.1, 0.15) is 195 Å². The lowest BCUT2D eigenvalue weighted by Gasteiger charge is -2.17. The molecule has 0 amide bonds. The van der Waals surface area contributed by atoms with Crippen molar-refractivity contribution in [3.63, 3.8) is 0 Å². The molecule has 0 saturated heterocycles. The lowest BCUT2D eigenvalue weighted by atomic mass is 9.89. The molecule has 2 atom stereocenters. The number of unbranched alkanes of at least 4 members (excludes halogenated alkanes) is 12. The third-order valence-corrected chi connectivity index (χ3v) is 16.6. The quantitative estimate of drug-likeness (QED) is 0.00634. The van der Waals surface area contributed by atoms with Crippen molar-refractivity contribution in [3.8, 4) is 17.4 Å². The number of carboxylic acid groups (broad SMARTS) is 6. The summed E-state index contributed by atoms with van der Waals surface area (Å²) in [4.78, 5) is 86.8. The number of nitro benzene ring substituents is 1. The number of benzene rings is 4. The van der Waals surface area contributed by atoms with Gasteiger partial charge in [-0.25, -0.2) is 9.59 Å². The van der Waals surface area contributed by atoms with E-state index in [0.717, 1.165) is 96.2 Å². The Kier molecular flexibility index (Phi) is 48.5. The van der Waals surface area contributed by atoms with E-state index in [9.17, 15) is 54.1 Å². The number of aromatic carboxylic acids is 2. The van der Waals surface area contributed by atoms with Gasteiger partial charge in [-0.05, 0) is 128 Å². The molecule has 26 heteroatoms. The standard InChI is InChI=1S/C18H36O3.C15H14O4.C10H20O2.C9H10N2O5S.C9H9NO4S.C8H7IO2/c1-2-3-4-11-14-17(19)15-12-9-7-5-6-8-10-13-16-18(20)21;16-15(17)12-6-8-14(9-7-12)19-11-10-18-13-4-2-1-3-5-13;1-10(2,3)8-6-4-5-7-9(11)12;1-5(9(12)13)17-8-6(11(14)15)3-4-7(10-8)16-2;11-9(12)6-15-5-7-3-1-2-4-8(7)10(13)14;1-5-6(8(10)11)3-2-4-7(5)9/h17,19H,2-16H2,1H3,(H,20,21);1-9H,10-11H2,(H,16,17);4-8H2,1-3H3,(H,11,12);3-5H,1-2H3,(H,12,13);1-4H,5-6H2,(H,11,12);2-4H,1H3,(H,10,11). The fraction of sp³-hybridized carbons (Fsp3) is 0.493. The minimum Gasteiger partial charge on any atom is -0.490 e. The van der Waals surface area contributed by atoms with Crippen LogP contribution in [0.3, 0.4) is 0 Å². The Balaban J connectivity index is 0.00000113. The van der Waals surface area contributed by atoms with Gasteiger partial charge in [0.05, 0.1) is 39.9 Å². The van der Waals surface area contributed by atoms with Gasteiger partial charge in [-0.2, -0.15) is 4.98 Å². The van der Waals surface area contributed by atoms with E-state index in [1.54, 1.807) is 42.5 Å². The largest absolute Gasteiger partial charge is 0.490 e.